The molecule has 0 radical (unpaired) electrons. The first-order chi connectivity index (χ1) is 16.3. The number of thiophene rings is 1. The molecule has 0 saturated heterocycles. The Morgan fingerprint density at radius 1 is 1.09 bits per heavy atom. The van der Waals surface area contributed by atoms with Gasteiger partial charge in [0.2, 0.25) is 5.91 Å². The smallest absolute Gasteiger partial charge is 0.260 e. The number of carbonyl (C=O) groups excluding carboxylic acids is 1. The Labute approximate surface area is 206 Å². The molecule has 0 atom stereocenters. The Hall–Kier alpha value is -3.10. The van der Waals surface area contributed by atoms with Gasteiger partial charge >= 0.3 is 0 Å². The molecule has 0 aliphatic rings. The molecule has 2 aromatic heterocycles. The summed E-state index contributed by atoms with van der Waals surface area (Å²) < 4.78 is 5.61. The number of ether oxygens (including phenoxy) is 1. The summed E-state index contributed by atoms with van der Waals surface area (Å²) in [6.45, 7) is 8.23. The number of hydrogen-bond acceptors (Lipinski definition) is 6. The third kappa shape index (κ3) is 5.69. The molecule has 0 bridgehead atoms. The van der Waals surface area contributed by atoms with Crippen molar-refractivity contribution in [2.24, 2.45) is 0 Å². The molecule has 0 fully saturated rings. The summed E-state index contributed by atoms with van der Waals surface area (Å²) in [7, 11) is 0. The third-order valence-electron chi connectivity index (χ3n) is 5.16. The van der Waals surface area contributed by atoms with E-state index in [1.165, 1.54) is 28.7 Å². The van der Waals surface area contributed by atoms with E-state index in [9.17, 15) is 9.59 Å². The first-order valence-corrected chi connectivity index (χ1v) is 13.0. The second-order valence-electron chi connectivity index (χ2n) is 8.51. The quantitative estimate of drug-likeness (QED) is 0.222. The zero-order chi connectivity index (χ0) is 24.2. The maximum absolute atomic E-state index is 12.9. The van der Waals surface area contributed by atoms with E-state index in [0.717, 1.165) is 16.9 Å². The van der Waals surface area contributed by atoms with Gasteiger partial charge in [0.15, 0.2) is 5.16 Å². The Balaban J connectivity index is 1.43. The number of rotatable bonds is 8. The van der Waals surface area contributed by atoms with Crippen LogP contribution in [0, 0.1) is 0 Å². The highest BCUT2D eigenvalue weighted by Gasteiger charge is 2.14. The SMILES string of the molecule is CC(C)Oc1ccc(NC(=O)CSc2nc3scc(-c4ccc(C(C)C)cc4)c3c(=O)[nH]2)cc1. The average Bonchev–Trinajstić information content (AvgIpc) is 3.23. The highest BCUT2D eigenvalue weighted by Crippen LogP contribution is 2.32. The van der Waals surface area contributed by atoms with Gasteiger partial charge in [-0.3, -0.25) is 9.59 Å². The van der Waals surface area contributed by atoms with Crippen molar-refractivity contribution < 1.29 is 9.53 Å². The zero-order valence-electron chi connectivity index (χ0n) is 19.5. The molecule has 0 spiro atoms. The molecule has 0 saturated carbocycles. The summed E-state index contributed by atoms with van der Waals surface area (Å²) >= 11 is 2.63. The molecular weight excluding hydrogens is 466 g/mol. The lowest BCUT2D eigenvalue weighted by Gasteiger charge is -2.10. The number of aromatic nitrogens is 2. The summed E-state index contributed by atoms with van der Waals surface area (Å²) in [5.74, 6) is 1.16. The van der Waals surface area contributed by atoms with E-state index >= 15 is 0 Å². The van der Waals surface area contributed by atoms with Gasteiger partial charge in [-0.1, -0.05) is 49.9 Å². The molecule has 2 N–H and O–H groups in total. The van der Waals surface area contributed by atoms with Crippen molar-refractivity contribution in [3.05, 3.63) is 69.8 Å². The van der Waals surface area contributed by atoms with Gasteiger partial charge in [-0.05, 0) is 55.2 Å². The summed E-state index contributed by atoms with van der Waals surface area (Å²) in [5, 5.41) is 5.82. The number of hydrogen-bond donors (Lipinski definition) is 2. The van der Waals surface area contributed by atoms with Crippen LogP contribution in [-0.2, 0) is 4.79 Å². The number of carbonyl (C=O) groups is 1. The minimum absolute atomic E-state index is 0.0914. The van der Waals surface area contributed by atoms with Crippen molar-refractivity contribution in [2.45, 2.75) is 44.9 Å². The zero-order valence-corrected chi connectivity index (χ0v) is 21.2. The van der Waals surface area contributed by atoms with Gasteiger partial charge in [-0.25, -0.2) is 4.98 Å². The largest absolute Gasteiger partial charge is 0.491 e. The summed E-state index contributed by atoms with van der Waals surface area (Å²) in [4.78, 5) is 33.3. The van der Waals surface area contributed by atoms with Gasteiger partial charge < -0.3 is 15.0 Å². The van der Waals surface area contributed by atoms with Crippen molar-refractivity contribution in [1.29, 1.82) is 0 Å². The van der Waals surface area contributed by atoms with Crippen LogP contribution in [0.3, 0.4) is 0 Å². The predicted molar refractivity (Wildman–Crippen MR) is 141 cm³/mol. The van der Waals surface area contributed by atoms with Gasteiger partial charge in [0, 0.05) is 16.6 Å². The molecular formula is C26H27N3O3S2. The van der Waals surface area contributed by atoms with Crippen molar-refractivity contribution in [3.8, 4) is 16.9 Å². The second-order valence-corrected chi connectivity index (χ2v) is 10.3. The van der Waals surface area contributed by atoms with Crippen LogP contribution in [0.1, 0.15) is 39.2 Å². The van der Waals surface area contributed by atoms with Crippen molar-refractivity contribution in [1.82, 2.24) is 9.97 Å². The minimum atomic E-state index is -0.196. The average molecular weight is 494 g/mol. The minimum Gasteiger partial charge on any atom is -0.491 e. The van der Waals surface area contributed by atoms with Crippen molar-refractivity contribution in [3.63, 3.8) is 0 Å². The van der Waals surface area contributed by atoms with E-state index in [-0.39, 0.29) is 23.3 Å². The van der Waals surface area contributed by atoms with Gasteiger partial charge in [-0.2, -0.15) is 0 Å². The van der Waals surface area contributed by atoms with Gasteiger partial charge in [-0.15, -0.1) is 11.3 Å². The first kappa shape index (κ1) is 24.0. The van der Waals surface area contributed by atoms with Crippen LogP contribution in [-0.4, -0.2) is 27.7 Å². The standard InChI is InChI=1S/C26H27N3O3S2/c1-15(2)17-5-7-18(8-6-17)21-13-33-25-23(21)24(31)28-26(29-25)34-14-22(30)27-19-9-11-20(12-10-19)32-16(3)4/h5-13,15-16H,14H2,1-4H3,(H,27,30)(H,28,29,31). The van der Waals surface area contributed by atoms with Crippen LogP contribution < -0.4 is 15.6 Å². The molecule has 1 amide bonds. The molecule has 6 nitrogen and oxygen atoms in total. The van der Waals surface area contributed by atoms with Crippen LogP contribution >= 0.6 is 23.1 Å². The predicted octanol–water partition coefficient (Wildman–Crippen LogP) is 6.29. The van der Waals surface area contributed by atoms with E-state index in [0.29, 0.717) is 27.0 Å². The van der Waals surface area contributed by atoms with E-state index in [2.05, 4.69) is 41.3 Å². The molecule has 2 aromatic carbocycles. The summed E-state index contributed by atoms with van der Waals surface area (Å²) in [6.07, 6.45) is 0.0914. The Morgan fingerprint density at radius 2 is 1.79 bits per heavy atom. The maximum Gasteiger partial charge on any atom is 0.260 e. The topological polar surface area (TPSA) is 84.1 Å². The number of fused-ring (bicyclic) bond motifs is 1. The number of nitrogens with zero attached hydrogens (tertiary/aromatic N) is 1. The van der Waals surface area contributed by atoms with E-state index in [1.807, 2.05) is 43.5 Å². The number of benzene rings is 2. The highest BCUT2D eigenvalue weighted by molar-refractivity contribution is 7.99. The number of anilines is 1. The third-order valence-corrected chi connectivity index (χ3v) is 6.91. The molecule has 4 aromatic rings. The Kier molecular flexibility index (Phi) is 7.38. The van der Waals surface area contributed by atoms with E-state index in [4.69, 9.17) is 4.74 Å². The lowest BCUT2D eigenvalue weighted by molar-refractivity contribution is -0.113. The van der Waals surface area contributed by atoms with E-state index < -0.39 is 0 Å². The molecule has 0 unspecified atom stereocenters. The Bertz CT molecular complexity index is 1340. The monoisotopic (exact) mass is 493 g/mol. The molecule has 4 rings (SSSR count). The van der Waals surface area contributed by atoms with Crippen LogP contribution in [0.25, 0.3) is 21.3 Å². The number of thioether (sulfide) groups is 1. The fraction of sp³-hybridized carbons (Fsp3) is 0.269. The molecule has 8 heteroatoms. The molecule has 176 valence electrons. The molecule has 0 aliphatic heterocycles. The normalized spacial score (nSPS) is 11.4. The number of aromatic amines is 1. The van der Waals surface area contributed by atoms with Crippen molar-refractivity contribution >= 4 is 44.9 Å². The fourth-order valence-corrected chi connectivity index (χ4v) is 5.14. The Morgan fingerprint density at radius 3 is 2.44 bits per heavy atom. The van der Waals surface area contributed by atoms with Crippen LogP contribution in [0.5, 0.6) is 5.75 Å². The highest BCUT2D eigenvalue weighted by atomic mass is 32.2. The first-order valence-electron chi connectivity index (χ1n) is 11.1. The van der Waals surface area contributed by atoms with E-state index in [1.54, 1.807) is 12.1 Å². The molecule has 34 heavy (non-hydrogen) atoms. The number of nitrogens with one attached hydrogen (secondary N) is 2. The molecule has 2 heterocycles. The maximum atomic E-state index is 12.9. The van der Waals surface area contributed by atoms with Crippen molar-refractivity contribution in [2.75, 3.05) is 11.1 Å². The number of amides is 1. The number of H-pyrrole nitrogens is 1. The lowest BCUT2D eigenvalue weighted by atomic mass is 9.99. The van der Waals surface area contributed by atoms with Crippen LogP contribution in [0.15, 0.2) is 63.9 Å². The fourth-order valence-electron chi connectivity index (χ4n) is 3.48. The summed E-state index contributed by atoms with van der Waals surface area (Å²) in [6, 6.07) is 15.5. The van der Waals surface area contributed by atoms with Crippen LogP contribution in [0.2, 0.25) is 0 Å². The van der Waals surface area contributed by atoms with Crippen LogP contribution in [0.4, 0.5) is 5.69 Å². The summed E-state index contributed by atoms with van der Waals surface area (Å²) in [5.41, 5.74) is 3.62. The van der Waals surface area contributed by atoms with Gasteiger partial charge in [0.05, 0.1) is 17.2 Å². The lowest BCUT2D eigenvalue weighted by Crippen LogP contribution is -2.15. The molecule has 0 aliphatic carbocycles. The second kappa shape index (κ2) is 10.4. The van der Waals surface area contributed by atoms with Gasteiger partial charge in [0.1, 0.15) is 10.6 Å². The van der Waals surface area contributed by atoms with Gasteiger partial charge in [0.25, 0.3) is 5.56 Å².